The third-order valence-electron chi connectivity index (χ3n) is 3.22. The summed E-state index contributed by atoms with van der Waals surface area (Å²) in [5.41, 5.74) is 6.90. The summed E-state index contributed by atoms with van der Waals surface area (Å²) in [7, 11) is 3.29. The van der Waals surface area contributed by atoms with Gasteiger partial charge in [-0.3, -0.25) is 4.79 Å². The minimum atomic E-state index is -1.04. The van der Waals surface area contributed by atoms with E-state index in [9.17, 15) is 9.59 Å². The zero-order chi connectivity index (χ0) is 16.0. The number of benzene rings is 1. The van der Waals surface area contributed by atoms with Gasteiger partial charge in [0.05, 0.1) is 23.5 Å². The molecule has 0 aliphatic heterocycles. The predicted molar refractivity (Wildman–Crippen MR) is 80.6 cm³/mol. The van der Waals surface area contributed by atoms with Crippen LogP contribution in [0.25, 0.3) is 0 Å². The number of anilines is 2. The number of nitrogens with one attached hydrogen (secondary N) is 1. The molecule has 1 amide bonds. The molecule has 1 atom stereocenters. The summed E-state index contributed by atoms with van der Waals surface area (Å²) in [5.74, 6) is -1.20. The Bertz CT molecular complexity index is 519. The molecule has 21 heavy (non-hydrogen) atoms. The van der Waals surface area contributed by atoms with E-state index in [4.69, 9.17) is 15.6 Å². The number of methoxy groups -OCH3 is 1. The lowest BCUT2D eigenvalue weighted by Crippen LogP contribution is -2.44. The first-order valence-electron chi connectivity index (χ1n) is 6.50. The molecule has 0 aliphatic carbocycles. The number of nitrogens with zero attached hydrogens (tertiary/aromatic N) is 1. The van der Waals surface area contributed by atoms with Gasteiger partial charge >= 0.3 is 5.97 Å². The molecular weight excluding hydrogens is 274 g/mol. The third-order valence-corrected chi connectivity index (χ3v) is 3.22. The van der Waals surface area contributed by atoms with Crippen LogP contribution in [0, 0.1) is 0 Å². The van der Waals surface area contributed by atoms with E-state index < -0.39 is 12.0 Å². The molecule has 0 bridgehead atoms. The quantitative estimate of drug-likeness (QED) is 0.501. The summed E-state index contributed by atoms with van der Waals surface area (Å²) < 4.78 is 4.87. The maximum Gasteiger partial charge on any atom is 0.335 e. The maximum absolute atomic E-state index is 12.0. The number of carbonyl (C=O) groups excluding carboxylic acids is 1. The molecule has 0 fully saturated rings. The van der Waals surface area contributed by atoms with Gasteiger partial charge in [0.2, 0.25) is 5.91 Å². The van der Waals surface area contributed by atoms with Crippen molar-refractivity contribution in [2.45, 2.75) is 13.0 Å². The second kappa shape index (κ2) is 7.49. The Kier molecular flexibility index (Phi) is 5.98. The highest BCUT2D eigenvalue weighted by Crippen LogP contribution is 2.25. The van der Waals surface area contributed by atoms with Gasteiger partial charge in [-0.25, -0.2) is 4.79 Å². The molecule has 7 nitrogen and oxygen atoms in total. The van der Waals surface area contributed by atoms with Gasteiger partial charge in [-0.2, -0.15) is 0 Å². The Balaban J connectivity index is 2.80. The molecule has 0 heterocycles. The van der Waals surface area contributed by atoms with E-state index in [2.05, 4.69) is 5.32 Å². The highest BCUT2D eigenvalue weighted by atomic mass is 16.5. The first-order chi connectivity index (χ1) is 9.88. The maximum atomic E-state index is 12.0. The Labute approximate surface area is 123 Å². The molecule has 1 aromatic carbocycles. The SMILES string of the molecule is COCCNC(=O)C(C)N(C)c1ccc(C(=O)O)cc1N. The number of carboxylic acid groups (broad SMARTS) is 1. The number of ether oxygens (including phenoxy) is 1. The van der Waals surface area contributed by atoms with Crippen molar-refractivity contribution < 1.29 is 19.4 Å². The number of carbonyl (C=O) groups is 2. The van der Waals surface area contributed by atoms with Crippen LogP contribution in [0.1, 0.15) is 17.3 Å². The zero-order valence-electron chi connectivity index (χ0n) is 12.4. The Morgan fingerprint density at radius 3 is 2.67 bits per heavy atom. The lowest BCUT2D eigenvalue weighted by Gasteiger charge is -2.27. The van der Waals surface area contributed by atoms with Gasteiger partial charge in [0.1, 0.15) is 6.04 Å². The van der Waals surface area contributed by atoms with E-state index in [0.29, 0.717) is 24.5 Å². The fourth-order valence-electron chi connectivity index (χ4n) is 1.82. The van der Waals surface area contributed by atoms with E-state index in [1.165, 1.54) is 12.1 Å². The molecule has 116 valence electrons. The highest BCUT2D eigenvalue weighted by molar-refractivity contribution is 5.91. The van der Waals surface area contributed by atoms with Crippen LogP contribution in [-0.2, 0) is 9.53 Å². The van der Waals surface area contributed by atoms with Gasteiger partial charge < -0.3 is 25.8 Å². The Morgan fingerprint density at radius 1 is 1.48 bits per heavy atom. The average Bonchev–Trinajstić information content (AvgIpc) is 2.45. The van der Waals surface area contributed by atoms with Crippen molar-refractivity contribution in [2.24, 2.45) is 0 Å². The number of nitrogens with two attached hydrogens (primary N) is 1. The van der Waals surface area contributed by atoms with Gasteiger partial charge in [0, 0.05) is 20.7 Å². The van der Waals surface area contributed by atoms with E-state index in [-0.39, 0.29) is 11.5 Å². The number of hydrogen-bond donors (Lipinski definition) is 3. The predicted octanol–water partition coefficient (Wildman–Crippen LogP) is 0.554. The number of hydrogen-bond acceptors (Lipinski definition) is 5. The third kappa shape index (κ3) is 4.35. The van der Waals surface area contributed by atoms with E-state index in [1.54, 1.807) is 32.0 Å². The fraction of sp³-hybridized carbons (Fsp3) is 0.429. The molecular formula is C14H21N3O4. The van der Waals surface area contributed by atoms with Crippen molar-refractivity contribution in [1.82, 2.24) is 5.32 Å². The normalized spacial score (nSPS) is 11.8. The second-order valence-corrected chi connectivity index (χ2v) is 4.65. The summed E-state index contributed by atoms with van der Waals surface area (Å²) in [6, 6.07) is 3.99. The van der Waals surface area contributed by atoms with Gasteiger partial charge in [0.15, 0.2) is 0 Å². The average molecular weight is 295 g/mol. The van der Waals surface area contributed by atoms with Crippen LogP contribution in [0.5, 0.6) is 0 Å². The standard InChI is InChI=1S/C14H21N3O4/c1-9(13(18)16-6-7-21-3)17(2)12-5-4-10(14(19)20)8-11(12)15/h4-5,8-9H,6-7,15H2,1-3H3,(H,16,18)(H,19,20). The number of likely N-dealkylation sites (N-methyl/N-ethyl adjacent to an activating group) is 1. The number of nitrogen functional groups attached to an aromatic ring is 1. The molecule has 0 aliphatic rings. The minimum absolute atomic E-state index is 0.113. The molecule has 1 aromatic rings. The summed E-state index contributed by atoms with van der Waals surface area (Å²) in [4.78, 5) is 24.6. The van der Waals surface area contributed by atoms with E-state index >= 15 is 0 Å². The summed E-state index contributed by atoms with van der Waals surface area (Å²) in [6.07, 6.45) is 0. The van der Waals surface area contributed by atoms with Crippen molar-refractivity contribution in [3.63, 3.8) is 0 Å². The van der Waals surface area contributed by atoms with Crippen LogP contribution in [0.15, 0.2) is 18.2 Å². The lowest BCUT2D eigenvalue weighted by atomic mass is 10.1. The van der Waals surface area contributed by atoms with Crippen LogP contribution in [-0.4, -0.2) is 50.3 Å². The van der Waals surface area contributed by atoms with Gasteiger partial charge in [-0.1, -0.05) is 0 Å². The molecule has 0 saturated carbocycles. The van der Waals surface area contributed by atoms with Crippen molar-refractivity contribution >= 4 is 23.3 Å². The molecule has 0 aromatic heterocycles. The Morgan fingerprint density at radius 2 is 2.14 bits per heavy atom. The first-order valence-corrected chi connectivity index (χ1v) is 6.50. The molecule has 1 unspecified atom stereocenters. The summed E-state index contributed by atoms with van der Waals surface area (Å²) in [5, 5.41) is 11.7. The van der Waals surface area contributed by atoms with Gasteiger partial charge in [0.25, 0.3) is 0 Å². The molecule has 1 rings (SSSR count). The molecule has 4 N–H and O–H groups in total. The summed E-state index contributed by atoms with van der Waals surface area (Å²) in [6.45, 7) is 2.62. The molecule has 0 radical (unpaired) electrons. The number of rotatable bonds is 7. The number of carboxylic acids is 1. The van der Waals surface area contributed by atoms with Crippen LogP contribution in [0.2, 0.25) is 0 Å². The van der Waals surface area contributed by atoms with Gasteiger partial charge in [-0.05, 0) is 25.1 Å². The van der Waals surface area contributed by atoms with Crippen LogP contribution < -0.4 is 16.0 Å². The highest BCUT2D eigenvalue weighted by Gasteiger charge is 2.20. The van der Waals surface area contributed by atoms with Crippen LogP contribution in [0.4, 0.5) is 11.4 Å². The van der Waals surface area contributed by atoms with E-state index in [1.807, 2.05) is 0 Å². The molecule has 0 saturated heterocycles. The largest absolute Gasteiger partial charge is 0.478 e. The first kappa shape index (κ1) is 16.8. The van der Waals surface area contributed by atoms with Crippen molar-refractivity contribution in [3.8, 4) is 0 Å². The lowest BCUT2D eigenvalue weighted by molar-refractivity contribution is -0.122. The minimum Gasteiger partial charge on any atom is -0.478 e. The summed E-state index contributed by atoms with van der Waals surface area (Å²) >= 11 is 0. The van der Waals surface area contributed by atoms with Crippen molar-refractivity contribution in [2.75, 3.05) is 37.9 Å². The molecule has 0 spiro atoms. The topological polar surface area (TPSA) is 105 Å². The smallest absolute Gasteiger partial charge is 0.335 e. The van der Waals surface area contributed by atoms with Crippen molar-refractivity contribution in [1.29, 1.82) is 0 Å². The second-order valence-electron chi connectivity index (χ2n) is 4.65. The Hall–Kier alpha value is -2.28. The monoisotopic (exact) mass is 295 g/mol. The van der Waals surface area contributed by atoms with E-state index in [0.717, 1.165) is 0 Å². The number of amides is 1. The van der Waals surface area contributed by atoms with Gasteiger partial charge in [-0.15, -0.1) is 0 Å². The zero-order valence-corrected chi connectivity index (χ0v) is 12.4. The van der Waals surface area contributed by atoms with Crippen molar-refractivity contribution in [3.05, 3.63) is 23.8 Å². The fourth-order valence-corrected chi connectivity index (χ4v) is 1.82. The van der Waals surface area contributed by atoms with Crippen LogP contribution >= 0.6 is 0 Å². The number of aromatic carboxylic acids is 1. The van der Waals surface area contributed by atoms with Crippen LogP contribution in [0.3, 0.4) is 0 Å². The molecule has 7 heteroatoms.